The van der Waals surface area contributed by atoms with Gasteiger partial charge in [-0.15, -0.1) is 0 Å². The molecule has 2 aromatic rings. The van der Waals surface area contributed by atoms with Gasteiger partial charge in [-0.25, -0.2) is 0 Å². The zero-order valence-electron chi connectivity index (χ0n) is 20.0. The predicted octanol–water partition coefficient (Wildman–Crippen LogP) is 5.02. The summed E-state index contributed by atoms with van der Waals surface area (Å²) in [5, 5.41) is 9.55. The molecule has 0 bridgehead atoms. The van der Waals surface area contributed by atoms with Gasteiger partial charge in [0.2, 0.25) is 6.29 Å². The first kappa shape index (κ1) is 23.1. The quantitative estimate of drug-likeness (QED) is 0.537. The number of benzene rings is 2. The van der Waals surface area contributed by atoms with E-state index in [1.54, 1.807) is 0 Å². The molecule has 3 aliphatic rings. The molecular weight excluding hydrogens is 426 g/mol. The third-order valence-corrected chi connectivity index (χ3v) is 7.47. The van der Waals surface area contributed by atoms with Crippen LogP contribution in [0.25, 0.3) is 11.1 Å². The number of hydrogen-bond acceptors (Lipinski definition) is 4. The number of aliphatic hydroxyl groups is 1. The van der Waals surface area contributed by atoms with E-state index in [-0.39, 0.29) is 24.3 Å². The Balaban J connectivity index is 1.50. The van der Waals surface area contributed by atoms with Gasteiger partial charge in [0.25, 0.3) is 5.91 Å². The van der Waals surface area contributed by atoms with Crippen molar-refractivity contribution in [2.75, 3.05) is 26.3 Å². The molecule has 3 atom stereocenters. The summed E-state index contributed by atoms with van der Waals surface area (Å²) >= 11 is 0. The molecule has 1 amide bonds. The van der Waals surface area contributed by atoms with Crippen LogP contribution in [0.2, 0.25) is 0 Å². The zero-order valence-corrected chi connectivity index (χ0v) is 20.0. The van der Waals surface area contributed by atoms with Crippen molar-refractivity contribution in [1.82, 2.24) is 4.90 Å². The maximum Gasteiger partial charge on any atom is 0.288 e. The molecule has 180 valence electrons. The molecule has 2 aromatic carbocycles. The molecule has 1 fully saturated rings. The summed E-state index contributed by atoms with van der Waals surface area (Å²) in [5.41, 5.74) is 6.50. The normalized spacial score (nSPS) is 23.6. The summed E-state index contributed by atoms with van der Waals surface area (Å²) in [6, 6.07) is 15.3. The molecule has 0 aromatic heterocycles. The number of hydrogen-bond donors (Lipinski definition) is 1. The van der Waals surface area contributed by atoms with Gasteiger partial charge in [0.05, 0.1) is 0 Å². The average molecular weight is 462 g/mol. The van der Waals surface area contributed by atoms with Gasteiger partial charge in [0.15, 0.2) is 5.76 Å². The molecular formula is C29H35NO4. The lowest BCUT2D eigenvalue weighted by Gasteiger charge is -2.38. The maximum absolute atomic E-state index is 13.4. The van der Waals surface area contributed by atoms with Crippen LogP contribution in [-0.2, 0) is 20.7 Å². The highest BCUT2D eigenvalue weighted by molar-refractivity contribution is 5.92. The third-order valence-electron chi connectivity index (χ3n) is 7.47. The van der Waals surface area contributed by atoms with Crippen LogP contribution in [0.4, 0.5) is 0 Å². The van der Waals surface area contributed by atoms with Crippen molar-refractivity contribution in [3.63, 3.8) is 0 Å². The Kier molecular flexibility index (Phi) is 7.02. The van der Waals surface area contributed by atoms with Crippen LogP contribution in [0, 0.1) is 5.92 Å². The van der Waals surface area contributed by atoms with Crippen molar-refractivity contribution in [3.05, 3.63) is 71.0 Å². The van der Waals surface area contributed by atoms with E-state index in [0.717, 1.165) is 38.8 Å². The lowest BCUT2D eigenvalue weighted by molar-refractivity contribution is -0.170. The predicted molar refractivity (Wildman–Crippen MR) is 132 cm³/mol. The number of likely N-dealkylation sites (tertiary alicyclic amines) is 1. The number of amides is 1. The highest BCUT2D eigenvalue weighted by Gasteiger charge is 2.39. The van der Waals surface area contributed by atoms with Crippen LogP contribution < -0.4 is 0 Å². The summed E-state index contributed by atoms with van der Waals surface area (Å²) in [6.07, 6.45) is 7.16. The molecule has 1 N–H and O–H groups in total. The molecule has 0 radical (unpaired) electrons. The molecule has 0 unspecified atom stereocenters. The van der Waals surface area contributed by atoms with E-state index in [0.29, 0.717) is 18.8 Å². The van der Waals surface area contributed by atoms with Crippen LogP contribution in [0.15, 0.2) is 54.3 Å². The number of rotatable bonds is 7. The molecule has 5 rings (SSSR count). The first-order valence-corrected chi connectivity index (χ1v) is 12.8. The summed E-state index contributed by atoms with van der Waals surface area (Å²) in [6.45, 7) is 4.17. The van der Waals surface area contributed by atoms with Gasteiger partial charge in [0.1, 0.15) is 0 Å². The topological polar surface area (TPSA) is 59.0 Å². The minimum atomic E-state index is -0.499. The van der Waals surface area contributed by atoms with Crippen LogP contribution in [0.3, 0.4) is 0 Å². The maximum atomic E-state index is 13.4. The first-order valence-electron chi connectivity index (χ1n) is 12.8. The number of carbonyl (C=O) groups excluding carboxylic acids is 1. The van der Waals surface area contributed by atoms with Crippen molar-refractivity contribution >= 4 is 5.91 Å². The van der Waals surface area contributed by atoms with Gasteiger partial charge < -0.3 is 19.5 Å². The monoisotopic (exact) mass is 461 g/mol. The molecule has 1 aliphatic carbocycles. The van der Waals surface area contributed by atoms with Crippen LogP contribution in [-0.4, -0.2) is 48.5 Å². The van der Waals surface area contributed by atoms with E-state index < -0.39 is 6.29 Å². The van der Waals surface area contributed by atoms with Gasteiger partial charge in [-0.3, -0.25) is 4.79 Å². The summed E-state index contributed by atoms with van der Waals surface area (Å²) in [7, 11) is 0. The lowest BCUT2D eigenvalue weighted by atomic mass is 9.79. The molecule has 2 aliphatic heterocycles. The molecule has 1 saturated heterocycles. The Hall–Kier alpha value is -2.63. The van der Waals surface area contributed by atoms with Crippen LogP contribution in [0.1, 0.15) is 61.6 Å². The van der Waals surface area contributed by atoms with E-state index in [1.807, 2.05) is 17.9 Å². The molecule has 5 nitrogen and oxygen atoms in total. The van der Waals surface area contributed by atoms with E-state index >= 15 is 0 Å². The standard InChI is InChI=1S/C29H35NO4/c1-2-33-29-25(11-8-16-31)26(19-27(34-29)28(32)30-14-6-3-7-15-30)21-12-13-24-22(18-21)17-20-9-4-5-10-23(20)24/h4-5,9-10,12-13,18-19,25-26,29,31H,2-3,6-8,11,14-17H2,1H3/t25-,26-,29-/m1/s1. The second kappa shape index (κ2) is 10.3. The third kappa shape index (κ3) is 4.51. The molecule has 2 heterocycles. The molecule has 0 saturated carbocycles. The van der Waals surface area contributed by atoms with Gasteiger partial charge in [0, 0.05) is 38.1 Å². The van der Waals surface area contributed by atoms with Crippen LogP contribution in [0.5, 0.6) is 0 Å². The van der Waals surface area contributed by atoms with Crippen molar-refractivity contribution in [1.29, 1.82) is 0 Å². The summed E-state index contributed by atoms with van der Waals surface area (Å²) in [4.78, 5) is 15.3. The van der Waals surface area contributed by atoms with E-state index in [1.165, 1.54) is 34.2 Å². The Labute approximate surface area is 202 Å². The number of allylic oxidation sites excluding steroid dienone is 1. The number of ether oxygens (including phenoxy) is 2. The van der Waals surface area contributed by atoms with Gasteiger partial charge >= 0.3 is 0 Å². The van der Waals surface area contributed by atoms with E-state index in [4.69, 9.17) is 9.47 Å². The number of fused-ring (bicyclic) bond motifs is 3. The SMILES string of the molecule is CCO[C@@H]1OC(C(=O)N2CCCCC2)=C[C@H](c2ccc3c(c2)Cc2ccccc2-3)[C@H]1CCCO. The summed E-state index contributed by atoms with van der Waals surface area (Å²) < 4.78 is 12.3. The highest BCUT2D eigenvalue weighted by Crippen LogP contribution is 2.43. The Morgan fingerprint density at radius 1 is 1.09 bits per heavy atom. The zero-order chi connectivity index (χ0) is 23.5. The fourth-order valence-corrected chi connectivity index (χ4v) is 5.76. The van der Waals surface area contributed by atoms with Gasteiger partial charge in [-0.1, -0.05) is 42.5 Å². The fourth-order valence-electron chi connectivity index (χ4n) is 5.76. The van der Waals surface area contributed by atoms with Gasteiger partial charge in [-0.2, -0.15) is 0 Å². The number of carbonyl (C=O) groups is 1. The van der Waals surface area contributed by atoms with Crippen molar-refractivity contribution in [2.24, 2.45) is 5.92 Å². The Morgan fingerprint density at radius 2 is 1.88 bits per heavy atom. The highest BCUT2D eigenvalue weighted by atomic mass is 16.7. The van der Waals surface area contributed by atoms with Crippen molar-refractivity contribution in [2.45, 2.75) is 57.7 Å². The summed E-state index contributed by atoms with van der Waals surface area (Å²) in [5.74, 6) is 0.416. The van der Waals surface area contributed by atoms with Crippen molar-refractivity contribution in [3.8, 4) is 11.1 Å². The van der Waals surface area contributed by atoms with E-state index in [2.05, 4.69) is 42.5 Å². The van der Waals surface area contributed by atoms with Gasteiger partial charge in [-0.05, 0) is 79.3 Å². The lowest BCUT2D eigenvalue weighted by Crippen LogP contribution is -2.42. The van der Waals surface area contributed by atoms with Crippen LogP contribution >= 0.6 is 0 Å². The molecule has 5 heteroatoms. The minimum Gasteiger partial charge on any atom is -0.459 e. The number of nitrogens with zero attached hydrogens (tertiary/aromatic N) is 1. The second-order valence-electron chi connectivity index (χ2n) is 9.63. The first-order chi connectivity index (χ1) is 16.7. The Bertz CT molecular complexity index is 1060. The fraction of sp³-hybridized carbons (Fsp3) is 0.483. The average Bonchev–Trinajstić information content (AvgIpc) is 3.25. The second-order valence-corrected chi connectivity index (χ2v) is 9.63. The molecule has 0 spiro atoms. The minimum absolute atomic E-state index is 0.00500. The van der Waals surface area contributed by atoms with E-state index in [9.17, 15) is 9.90 Å². The molecule has 34 heavy (non-hydrogen) atoms. The number of aliphatic hydroxyl groups excluding tert-OH is 1. The smallest absolute Gasteiger partial charge is 0.288 e. The largest absolute Gasteiger partial charge is 0.459 e. The Morgan fingerprint density at radius 3 is 2.68 bits per heavy atom. The van der Waals surface area contributed by atoms with Crippen molar-refractivity contribution < 1.29 is 19.4 Å². The number of piperidine rings is 1.